The van der Waals surface area contributed by atoms with Gasteiger partial charge in [-0.25, -0.2) is 9.29 Å². The van der Waals surface area contributed by atoms with Gasteiger partial charge in [0, 0.05) is 11.8 Å². The second kappa shape index (κ2) is 8.78. The second-order valence-electron chi connectivity index (χ2n) is 7.66. The Morgan fingerprint density at radius 2 is 1.58 bits per heavy atom. The topological polar surface area (TPSA) is 67.9 Å². The molecule has 0 aliphatic carbocycles. The van der Waals surface area contributed by atoms with Gasteiger partial charge in [-0.05, 0) is 49.2 Å². The van der Waals surface area contributed by atoms with Crippen LogP contribution in [0.3, 0.4) is 0 Å². The maximum atomic E-state index is 14.6. The molecule has 7 heteroatoms. The number of aryl methyl sites for hydroxylation is 2. The quantitative estimate of drug-likeness (QED) is 0.548. The van der Waals surface area contributed by atoms with E-state index in [4.69, 9.17) is 9.47 Å². The highest BCUT2D eigenvalue weighted by Gasteiger charge is 2.41. The van der Waals surface area contributed by atoms with Gasteiger partial charge in [-0.1, -0.05) is 35.9 Å². The van der Waals surface area contributed by atoms with Gasteiger partial charge in [0.2, 0.25) is 0 Å². The molecule has 1 heterocycles. The third-order valence-corrected chi connectivity index (χ3v) is 5.48. The Labute approximate surface area is 191 Å². The average molecular weight is 446 g/mol. The monoisotopic (exact) mass is 446 g/mol. The summed E-state index contributed by atoms with van der Waals surface area (Å²) in [5, 5.41) is 3.07. The predicted molar refractivity (Wildman–Crippen MR) is 125 cm³/mol. The molecule has 0 saturated heterocycles. The van der Waals surface area contributed by atoms with Gasteiger partial charge in [0.1, 0.15) is 11.5 Å². The van der Waals surface area contributed by atoms with Crippen molar-refractivity contribution in [1.29, 1.82) is 0 Å². The Hall–Kier alpha value is -4.13. The lowest BCUT2D eigenvalue weighted by Crippen LogP contribution is -2.33. The number of nitrogens with one attached hydrogen (secondary N) is 1. The number of anilines is 2. The van der Waals surface area contributed by atoms with E-state index < -0.39 is 17.6 Å². The number of methoxy groups -OCH3 is 2. The summed E-state index contributed by atoms with van der Waals surface area (Å²) in [6.45, 7) is 3.81. The number of halogens is 1. The molecule has 0 aromatic heterocycles. The molecule has 168 valence electrons. The third kappa shape index (κ3) is 3.93. The van der Waals surface area contributed by atoms with Crippen LogP contribution in [0.5, 0.6) is 11.5 Å². The van der Waals surface area contributed by atoms with E-state index in [1.807, 2.05) is 26.0 Å². The Morgan fingerprint density at radius 1 is 0.848 bits per heavy atom. The summed E-state index contributed by atoms with van der Waals surface area (Å²) in [6.07, 6.45) is 0. The van der Waals surface area contributed by atoms with Gasteiger partial charge in [0.05, 0.1) is 25.5 Å². The molecule has 1 N–H and O–H groups in total. The number of hydrogen-bond acceptors (Lipinski definition) is 5. The zero-order valence-electron chi connectivity index (χ0n) is 18.7. The molecular formula is C26H23FN2O4. The highest BCUT2D eigenvalue weighted by Crippen LogP contribution is 2.37. The van der Waals surface area contributed by atoms with Gasteiger partial charge in [0.15, 0.2) is 11.5 Å². The summed E-state index contributed by atoms with van der Waals surface area (Å²) in [4.78, 5) is 27.9. The summed E-state index contributed by atoms with van der Waals surface area (Å²) < 4.78 is 25.2. The summed E-state index contributed by atoms with van der Waals surface area (Å²) in [5.74, 6) is -0.922. The highest BCUT2D eigenvalue weighted by molar-refractivity contribution is 6.46. The van der Waals surface area contributed by atoms with Crippen LogP contribution in [0, 0.1) is 19.7 Å². The molecule has 3 aromatic rings. The van der Waals surface area contributed by atoms with Gasteiger partial charge < -0.3 is 14.8 Å². The van der Waals surface area contributed by atoms with Crippen molar-refractivity contribution in [3.05, 3.63) is 88.9 Å². The van der Waals surface area contributed by atoms with Crippen LogP contribution in [0.25, 0.3) is 5.57 Å². The van der Waals surface area contributed by atoms with Crippen LogP contribution in [0.15, 0.2) is 66.4 Å². The molecule has 0 bridgehead atoms. The van der Waals surface area contributed by atoms with Crippen molar-refractivity contribution in [3.63, 3.8) is 0 Å². The number of carbonyl (C=O) groups is 2. The van der Waals surface area contributed by atoms with E-state index >= 15 is 0 Å². The number of carbonyl (C=O) groups excluding carboxylic acids is 2. The third-order valence-electron chi connectivity index (χ3n) is 5.48. The number of rotatable bonds is 6. The Bertz CT molecular complexity index is 1300. The minimum Gasteiger partial charge on any atom is -0.493 e. The van der Waals surface area contributed by atoms with Gasteiger partial charge >= 0.3 is 0 Å². The predicted octanol–water partition coefficient (Wildman–Crippen LogP) is 4.86. The van der Waals surface area contributed by atoms with Crippen LogP contribution in [0.1, 0.15) is 16.7 Å². The molecule has 33 heavy (non-hydrogen) atoms. The summed E-state index contributed by atoms with van der Waals surface area (Å²) >= 11 is 0. The number of para-hydroxylation sites is 1. The van der Waals surface area contributed by atoms with E-state index in [1.165, 1.54) is 32.4 Å². The molecule has 0 unspecified atom stereocenters. The zero-order valence-corrected chi connectivity index (χ0v) is 18.7. The van der Waals surface area contributed by atoms with Crippen molar-refractivity contribution in [1.82, 2.24) is 0 Å². The first-order valence-electron chi connectivity index (χ1n) is 10.3. The van der Waals surface area contributed by atoms with Gasteiger partial charge in [-0.15, -0.1) is 0 Å². The minimum atomic E-state index is -0.661. The standard InChI is InChI=1S/C26H23FN2O4/c1-15-9-11-18(16(2)13-15)23-24(28-17-10-12-21(32-3)22(14-17)33-4)26(31)29(25(23)30)20-8-6-5-7-19(20)27/h5-14,28H,1-4H3. The summed E-state index contributed by atoms with van der Waals surface area (Å²) in [5.41, 5.74) is 3.10. The Balaban J connectivity index is 1.86. The molecule has 1 aliphatic heterocycles. The molecule has 6 nitrogen and oxygen atoms in total. The van der Waals surface area contributed by atoms with Crippen molar-refractivity contribution in [2.24, 2.45) is 0 Å². The molecule has 3 aromatic carbocycles. The number of amides is 2. The molecule has 0 radical (unpaired) electrons. The highest BCUT2D eigenvalue weighted by atomic mass is 19.1. The van der Waals surface area contributed by atoms with Crippen molar-refractivity contribution in [2.75, 3.05) is 24.4 Å². The first-order chi connectivity index (χ1) is 15.8. The van der Waals surface area contributed by atoms with E-state index in [9.17, 15) is 14.0 Å². The van der Waals surface area contributed by atoms with Crippen LogP contribution in [0.2, 0.25) is 0 Å². The van der Waals surface area contributed by atoms with E-state index in [0.29, 0.717) is 22.7 Å². The number of nitrogens with zero attached hydrogens (tertiary/aromatic N) is 1. The molecule has 0 fully saturated rings. The van der Waals surface area contributed by atoms with Crippen molar-refractivity contribution < 1.29 is 23.5 Å². The molecule has 4 rings (SSSR count). The Morgan fingerprint density at radius 3 is 2.24 bits per heavy atom. The average Bonchev–Trinajstić information content (AvgIpc) is 3.03. The van der Waals surface area contributed by atoms with Crippen LogP contribution < -0.4 is 19.7 Å². The minimum absolute atomic E-state index is 0.0578. The van der Waals surface area contributed by atoms with Gasteiger partial charge in [-0.3, -0.25) is 9.59 Å². The molecule has 2 amide bonds. The van der Waals surface area contributed by atoms with Crippen LogP contribution in [0.4, 0.5) is 15.8 Å². The van der Waals surface area contributed by atoms with Crippen molar-refractivity contribution in [3.8, 4) is 11.5 Å². The molecule has 0 spiro atoms. The zero-order chi connectivity index (χ0) is 23.7. The fourth-order valence-corrected chi connectivity index (χ4v) is 3.90. The summed E-state index contributed by atoms with van der Waals surface area (Å²) in [7, 11) is 3.03. The fraction of sp³-hybridized carbons (Fsp3) is 0.154. The van der Waals surface area contributed by atoms with Crippen molar-refractivity contribution in [2.45, 2.75) is 13.8 Å². The van der Waals surface area contributed by atoms with E-state index in [-0.39, 0.29) is 17.0 Å². The number of imide groups is 1. The molecule has 1 aliphatic rings. The lowest BCUT2D eigenvalue weighted by Gasteiger charge is -2.16. The smallest absolute Gasteiger partial charge is 0.282 e. The van der Waals surface area contributed by atoms with Gasteiger partial charge in [0.25, 0.3) is 11.8 Å². The van der Waals surface area contributed by atoms with E-state index in [0.717, 1.165) is 16.0 Å². The van der Waals surface area contributed by atoms with E-state index in [2.05, 4.69) is 5.32 Å². The molecule has 0 saturated carbocycles. The van der Waals surface area contributed by atoms with Gasteiger partial charge in [-0.2, -0.15) is 0 Å². The van der Waals surface area contributed by atoms with Crippen LogP contribution in [-0.4, -0.2) is 26.0 Å². The first kappa shape index (κ1) is 22.1. The largest absolute Gasteiger partial charge is 0.493 e. The lowest BCUT2D eigenvalue weighted by atomic mass is 9.97. The fourth-order valence-electron chi connectivity index (χ4n) is 3.90. The first-order valence-corrected chi connectivity index (χ1v) is 10.3. The SMILES string of the molecule is COc1ccc(NC2=C(c3ccc(C)cc3C)C(=O)N(c3ccccc3F)C2=O)cc1OC. The lowest BCUT2D eigenvalue weighted by molar-refractivity contribution is -0.120. The van der Waals surface area contributed by atoms with Crippen LogP contribution in [-0.2, 0) is 9.59 Å². The number of hydrogen-bond donors (Lipinski definition) is 1. The van der Waals surface area contributed by atoms with E-state index in [1.54, 1.807) is 30.3 Å². The normalized spacial score (nSPS) is 13.5. The molecule has 0 atom stereocenters. The second-order valence-corrected chi connectivity index (χ2v) is 7.66. The number of benzene rings is 3. The number of ether oxygens (including phenoxy) is 2. The molecular weight excluding hydrogens is 423 g/mol. The maximum Gasteiger partial charge on any atom is 0.282 e. The van der Waals surface area contributed by atoms with Crippen molar-refractivity contribution >= 4 is 28.8 Å². The maximum absolute atomic E-state index is 14.6. The summed E-state index contributed by atoms with van der Waals surface area (Å²) in [6, 6.07) is 16.4. The Kier molecular flexibility index (Phi) is 5.87. The van der Waals surface area contributed by atoms with Crippen LogP contribution >= 0.6 is 0 Å².